The quantitative estimate of drug-likeness (QED) is 0.413. The van der Waals surface area contributed by atoms with Crippen molar-refractivity contribution >= 4 is 0 Å². The minimum absolute atomic E-state index is 1.06. The van der Waals surface area contributed by atoms with Gasteiger partial charge in [0.15, 0.2) is 0 Å². The van der Waals surface area contributed by atoms with E-state index in [9.17, 15) is 0 Å². The van der Waals surface area contributed by atoms with Gasteiger partial charge in [0.1, 0.15) is 0 Å². The third-order valence-electron chi connectivity index (χ3n) is 4.32. The van der Waals surface area contributed by atoms with Crippen LogP contribution in [0, 0.1) is 0 Å². The van der Waals surface area contributed by atoms with E-state index < -0.39 is 0 Å². The summed E-state index contributed by atoms with van der Waals surface area (Å²) < 4.78 is 0. The van der Waals surface area contributed by atoms with Gasteiger partial charge in [0.05, 0.1) is 0 Å². The number of benzene rings is 1. The average Bonchev–Trinajstić information content (AvgIpc) is 2.81. The first-order valence-electron chi connectivity index (χ1n) is 8.80. The van der Waals surface area contributed by atoms with Gasteiger partial charge in [0.25, 0.3) is 0 Å². The molecule has 0 fully saturated rings. The molecule has 0 radical (unpaired) electrons. The van der Waals surface area contributed by atoms with E-state index in [0.29, 0.717) is 0 Å². The van der Waals surface area contributed by atoms with Gasteiger partial charge in [-0.05, 0) is 60.8 Å². The van der Waals surface area contributed by atoms with Crippen molar-refractivity contribution in [1.29, 1.82) is 0 Å². The van der Waals surface area contributed by atoms with Crippen LogP contribution in [-0.2, 0) is 12.8 Å². The van der Waals surface area contributed by atoms with Crippen LogP contribution in [0.15, 0.2) is 60.7 Å². The highest BCUT2D eigenvalue weighted by atomic mass is 14.1. The molecule has 120 valence electrons. The van der Waals surface area contributed by atoms with Gasteiger partial charge in [-0.2, -0.15) is 0 Å². The minimum atomic E-state index is 1.06. The van der Waals surface area contributed by atoms with E-state index in [-0.39, 0.29) is 0 Å². The predicted octanol–water partition coefficient (Wildman–Crippen LogP) is 6.82. The lowest BCUT2D eigenvalue weighted by Gasteiger charge is -2.04. The Morgan fingerprint density at radius 3 is 1.86 bits per heavy atom. The number of aryl methyl sites for hydroxylation is 2. The summed E-state index contributed by atoms with van der Waals surface area (Å²) in [5.41, 5.74) is 5.86. The summed E-state index contributed by atoms with van der Waals surface area (Å²) in [5.74, 6) is 0. The highest BCUT2D eigenvalue weighted by Gasteiger charge is 2.05. The second kappa shape index (κ2) is 11.1. The molecule has 0 amide bonds. The summed E-state index contributed by atoms with van der Waals surface area (Å²) in [7, 11) is 0. The third kappa shape index (κ3) is 6.05. The van der Waals surface area contributed by atoms with E-state index in [1.165, 1.54) is 49.7 Å². The highest BCUT2D eigenvalue weighted by molar-refractivity contribution is 5.31. The van der Waals surface area contributed by atoms with E-state index in [0.717, 1.165) is 12.8 Å². The van der Waals surface area contributed by atoms with Crippen molar-refractivity contribution < 1.29 is 0 Å². The molecule has 0 nitrogen and oxygen atoms in total. The van der Waals surface area contributed by atoms with Crippen LogP contribution in [-0.4, -0.2) is 0 Å². The van der Waals surface area contributed by atoms with Gasteiger partial charge in [-0.15, -0.1) is 0 Å². The largest absolute Gasteiger partial charge is 0.0988 e. The van der Waals surface area contributed by atoms with Crippen molar-refractivity contribution in [3.05, 3.63) is 71.8 Å². The Morgan fingerprint density at radius 1 is 0.909 bits per heavy atom. The van der Waals surface area contributed by atoms with Crippen molar-refractivity contribution in [2.24, 2.45) is 0 Å². The number of hydrogen-bond acceptors (Lipinski definition) is 0. The molecule has 22 heavy (non-hydrogen) atoms. The molecule has 2 rings (SSSR count). The van der Waals surface area contributed by atoms with Crippen LogP contribution in [0.5, 0.6) is 0 Å². The number of hydrogen-bond donors (Lipinski definition) is 0. The van der Waals surface area contributed by atoms with Gasteiger partial charge in [-0.25, -0.2) is 0 Å². The maximum atomic E-state index is 3.79. The fraction of sp³-hybridized carbons (Fsp3) is 0.455. The molecule has 0 atom stereocenters. The lowest BCUT2D eigenvalue weighted by Crippen LogP contribution is -1.88. The molecule has 1 aliphatic rings. The molecule has 1 aliphatic carbocycles. The Balaban J connectivity index is 0.000000220. The van der Waals surface area contributed by atoms with Crippen LogP contribution in [0.25, 0.3) is 0 Å². The van der Waals surface area contributed by atoms with E-state index >= 15 is 0 Å². The topological polar surface area (TPSA) is 0 Å². The first-order chi connectivity index (χ1) is 10.8. The fourth-order valence-corrected chi connectivity index (χ4v) is 3.02. The average molecular weight is 296 g/mol. The van der Waals surface area contributed by atoms with E-state index in [1.807, 2.05) is 12.2 Å². The minimum Gasteiger partial charge on any atom is -0.0988 e. The van der Waals surface area contributed by atoms with Gasteiger partial charge in [-0.3, -0.25) is 0 Å². The number of fused-ring (bicyclic) bond motifs is 1. The van der Waals surface area contributed by atoms with Crippen molar-refractivity contribution in [2.75, 3.05) is 0 Å². The van der Waals surface area contributed by atoms with Crippen LogP contribution in [0.3, 0.4) is 0 Å². The molecular weight excluding hydrogens is 264 g/mol. The Bertz CT molecular complexity index is 466. The van der Waals surface area contributed by atoms with Crippen LogP contribution in [0.2, 0.25) is 0 Å². The summed E-state index contributed by atoms with van der Waals surface area (Å²) in [5, 5.41) is 0. The lowest BCUT2D eigenvalue weighted by atomic mass is 10.0. The molecular formula is C22H32. The molecule has 1 aromatic rings. The first kappa shape index (κ1) is 18.5. The maximum Gasteiger partial charge on any atom is -0.0276 e. The molecule has 0 heterocycles. The zero-order valence-electron chi connectivity index (χ0n) is 14.5. The molecule has 0 saturated carbocycles. The zero-order chi connectivity index (χ0) is 16.2. The molecule has 0 unspecified atom stereocenters. The fourth-order valence-electron chi connectivity index (χ4n) is 3.02. The predicted molar refractivity (Wildman–Crippen MR) is 100 cm³/mol. The van der Waals surface area contributed by atoms with Gasteiger partial charge >= 0.3 is 0 Å². The maximum absolute atomic E-state index is 3.79. The Hall–Kier alpha value is -1.56. The van der Waals surface area contributed by atoms with Crippen molar-refractivity contribution in [1.82, 2.24) is 0 Å². The van der Waals surface area contributed by atoms with Crippen LogP contribution in [0.4, 0.5) is 0 Å². The summed E-state index contributed by atoms with van der Waals surface area (Å²) >= 11 is 0. The van der Waals surface area contributed by atoms with Crippen molar-refractivity contribution in [3.63, 3.8) is 0 Å². The molecule has 0 spiro atoms. The molecule has 0 aromatic heterocycles. The van der Waals surface area contributed by atoms with Crippen molar-refractivity contribution in [3.8, 4) is 0 Å². The number of rotatable bonds is 5. The van der Waals surface area contributed by atoms with E-state index in [2.05, 4.69) is 51.3 Å². The third-order valence-corrected chi connectivity index (χ3v) is 4.32. The summed E-state index contributed by atoms with van der Waals surface area (Å²) in [6, 6.07) is 8.87. The van der Waals surface area contributed by atoms with E-state index in [4.69, 9.17) is 0 Å². The molecule has 0 N–H and O–H groups in total. The van der Waals surface area contributed by atoms with Gasteiger partial charge < -0.3 is 0 Å². The summed E-state index contributed by atoms with van der Waals surface area (Å²) in [4.78, 5) is 0. The second-order valence-electron chi connectivity index (χ2n) is 5.89. The van der Waals surface area contributed by atoms with E-state index in [1.54, 1.807) is 11.1 Å². The Labute approximate surface area is 137 Å². The van der Waals surface area contributed by atoms with Gasteiger partial charge in [-0.1, -0.05) is 76.3 Å². The smallest absolute Gasteiger partial charge is 0.0276 e. The Kier molecular flexibility index (Phi) is 9.30. The molecule has 0 bridgehead atoms. The molecule has 1 aromatic carbocycles. The van der Waals surface area contributed by atoms with Crippen molar-refractivity contribution in [2.45, 2.75) is 65.2 Å². The normalized spacial score (nSPS) is 14.6. The second-order valence-corrected chi connectivity index (χ2v) is 5.89. The Morgan fingerprint density at radius 2 is 1.45 bits per heavy atom. The van der Waals surface area contributed by atoms with Crippen LogP contribution in [0.1, 0.15) is 63.5 Å². The SMILES string of the molecule is C=C/C(CC)=C(\C=C)CCC.c1ccc2c(c1)CCCCC2. The summed E-state index contributed by atoms with van der Waals surface area (Å²) in [6.45, 7) is 11.9. The molecule has 0 aliphatic heterocycles. The van der Waals surface area contributed by atoms with Gasteiger partial charge in [0, 0.05) is 0 Å². The highest BCUT2D eigenvalue weighted by Crippen LogP contribution is 2.19. The van der Waals surface area contributed by atoms with Gasteiger partial charge in [0.2, 0.25) is 0 Å². The number of allylic oxidation sites excluding steroid dienone is 4. The zero-order valence-corrected chi connectivity index (χ0v) is 14.5. The van der Waals surface area contributed by atoms with Crippen LogP contribution < -0.4 is 0 Å². The monoisotopic (exact) mass is 296 g/mol. The molecule has 0 heteroatoms. The summed E-state index contributed by atoms with van der Waals surface area (Å²) in [6.07, 6.45) is 14.0. The lowest BCUT2D eigenvalue weighted by molar-refractivity contribution is 0.711. The standard InChI is InChI=1S/C11H14.C11H18/c1-2-6-10-8-4-5-9-11(10)7-3-1;1-5-9-11(8-4)10(6-2)7-3/h4-5,8-9H,1-3,6-7H2;6,8H,2,4-5,7,9H2,1,3H3/b;11-10-. The molecule has 0 saturated heterocycles. The first-order valence-corrected chi connectivity index (χ1v) is 8.80. The van der Waals surface area contributed by atoms with Crippen LogP contribution >= 0.6 is 0 Å².